The van der Waals surface area contributed by atoms with Crippen molar-refractivity contribution in [2.24, 2.45) is 9.98 Å². The van der Waals surface area contributed by atoms with Gasteiger partial charge in [-0.15, -0.1) is 0 Å². The van der Waals surface area contributed by atoms with Gasteiger partial charge in [0.1, 0.15) is 0 Å². The zero-order chi connectivity index (χ0) is 14.6. The first kappa shape index (κ1) is 15.6. The minimum Gasteiger partial charge on any atom is -0.264 e. The van der Waals surface area contributed by atoms with E-state index in [0.717, 1.165) is 17.0 Å². The van der Waals surface area contributed by atoms with E-state index in [-0.39, 0.29) is 0 Å². The van der Waals surface area contributed by atoms with Crippen LogP contribution in [0.1, 0.15) is 19.4 Å². The van der Waals surface area contributed by atoms with Gasteiger partial charge in [0, 0.05) is 17.5 Å². The van der Waals surface area contributed by atoms with E-state index in [2.05, 4.69) is 16.7 Å². The first-order valence-electron chi connectivity index (χ1n) is 6.50. The van der Waals surface area contributed by atoms with E-state index in [9.17, 15) is 0 Å². The zero-order valence-electron chi connectivity index (χ0n) is 12.0. The van der Waals surface area contributed by atoms with Crippen LogP contribution in [0.2, 0.25) is 0 Å². The van der Waals surface area contributed by atoms with E-state index in [1.54, 1.807) is 6.20 Å². The van der Waals surface area contributed by atoms with Gasteiger partial charge in [-0.3, -0.25) is 9.98 Å². The largest absolute Gasteiger partial charge is 0.264 e. The number of nitrogens with zero attached hydrogens (tertiary/aromatic N) is 2. The molecule has 0 radical (unpaired) electrons. The van der Waals surface area contributed by atoms with Crippen LogP contribution in [0.5, 0.6) is 0 Å². The number of rotatable bonds is 6. The van der Waals surface area contributed by atoms with Crippen molar-refractivity contribution in [3.63, 3.8) is 0 Å². The van der Waals surface area contributed by atoms with Crippen molar-refractivity contribution >= 4 is 18.1 Å². The van der Waals surface area contributed by atoms with Crippen molar-refractivity contribution in [3.8, 4) is 0 Å². The SMILES string of the molecule is C=N\C(=C/C(C)=N/C=C\C=C/C=C/C)c1ccccc1. The van der Waals surface area contributed by atoms with E-state index in [4.69, 9.17) is 0 Å². The Hall–Kier alpha value is -2.48. The lowest BCUT2D eigenvalue weighted by atomic mass is 10.1. The van der Waals surface area contributed by atoms with Gasteiger partial charge in [0.2, 0.25) is 0 Å². The highest BCUT2D eigenvalue weighted by molar-refractivity contribution is 5.99. The topological polar surface area (TPSA) is 24.7 Å². The predicted octanol–water partition coefficient (Wildman–Crippen LogP) is 4.84. The number of hydrogen-bond donors (Lipinski definition) is 0. The van der Waals surface area contributed by atoms with Crippen LogP contribution in [0, 0.1) is 0 Å². The molecule has 1 aromatic carbocycles. The van der Waals surface area contributed by atoms with E-state index < -0.39 is 0 Å². The maximum atomic E-state index is 4.33. The summed E-state index contributed by atoms with van der Waals surface area (Å²) >= 11 is 0. The number of allylic oxidation sites excluding steroid dienone is 6. The Morgan fingerprint density at radius 2 is 1.75 bits per heavy atom. The Morgan fingerprint density at radius 1 is 1.05 bits per heavy atom. The third kappa shape index (κ3) is 5.91. The molecule has 0 bridgehead atoms. The fourth-order valence-electron chi connectivity index (χ4n) is 1.51. The lowest BCUT2D eigenvalue weighted by Crippen LogP contribution is -1.87. The third-order valence-corrected chi connectivity index (χ3v) is 2.48. The van der Waals surface area contributed by atoms with Crippen LogP contribution in [0.4, 0.5) is 0 Å². The third-order valence-electron chi connectivity index (χ3n) is 2.48. The Kier molecular flexibility index (Phi) is 7.36. The van der Waals surface area contributed by atoms with Crippen LogP contribution in [0.15, 0.2) is 83.0 Å². The van der Waals surface area contributed by atoms with E-state index >= 15 is 0 Å². The monoisotopic (exact) mass is 264 g/mol. The van der Waals surface area contributed by atoms with E-state index in [1.807, 2.05) is 80.6 Å². The van der Waals surface area contributed by atoms with Crippen molar-refractivity contribution in [1.82, 2.24) is 0 Å². The molecule has 0 fully saturated rings. The zero-order valence-corrected chi connectivity index (χ0v) is 12.0. The van der Waals surface area contributed by atoms with Gasteiger partial charge in [-0.1, -0.05) is 54.6 Å². The molecule has 0 aliphatic carbocycles. The van der Waals surface area contributed by atoms with Crippen LogP contribution in [-0.4, -0.2) is 12.4 Å². The lowest BCUT2D eigenvalue weighted by Gasteiger charge is -2.00. The molecule has 0 saturated carbocycles. The predicted molar refractivity (Wildman–Crippen MR) is 90.2 cm³/mol. The second kappa shape index (κ2) is 9.45. The van der Waals surface area contributed by atoms with Crippen molar-refractivity contribution in [2.45, 2.75) is 13.8 Å². The lowest BCUT2D eigenvalue weighted by molar-refractivity contribution is 1.50. The normalized spacial score (nSPS) is 13.7. The summed E-state index contributed by atoms with van der Waals surface area (Å²) < 4.78 is 0. The Bertz CT molecular complexity index is 558. The number of aliphatic imine (C=N–C) groups is 2. The summed E-state index contributed by atoms with van der Waals surface area (Å²) in [5.41, 5.74) is 2.74. The van der Waals surface area contributed by atoms with Gasteiger partial charge in [0.15, 0.2) is 0 Å². The minimum atomic E-state index is 0.824. The van der Waals surface area contributed by atoms with Gasteiger partial charge < -0.3 is 0 Å². The number of benzene rings is 1. The van der Waals surface area contributed by atoms with Crippen molar-refractivity contribution in [1.29, 1.82) is 0 Å². The molecule has 0 atom stereocenters. The molecular formula is C18H20N2. The summed E-state index contributed by atoms with van der Waals surface area (Å²) in [5, 5.41) is 0. The van der Waals surface area contributed by atoms with Gasteiger partial charge in [-0.05, 0) is 32.7 Å². The molecule has 0 spiro atoms. The van der Waals surface area contributed by atoms with Crippen LogP contribution in [0.25, 0.3) is 5.70 Å². The van der Waals surface area contributed by atoms with Gasteiger partial charge in [-0.2, -0.15) is 0 Å². The fraction of sp³-hybridized carbons (Fsp3) is 0.111. The molecule has 0 amide bonds. The van der Waals surface area contributed by atoms with Gasteiger partial charge >= 0.3 is 0 Å². The van der Waals surface area contributed by atoms with Crippen LogP contribution in [0.3, 0.4) is 0 Å². The molecule has 0 aliphatic heterocycles. The first-order chi connectivity index (χ1) is 9.77. The van der Waals surface area contributed by atoms with Crippen LogP contribution >= 0.6 is 0 Å². The molecular weight excluding hydrogens is 244 g/mol. The summed E-state index contributed by atoms with van der Waals surface area (Å²) in [6, 6.07) is 9.94. The highest BCUT2D eigenvalue weighted by Crippen LogP contribution is 2.14. The Balaban J connectivity index is 2.78. The Morgan fingerprint density at radius 3 is 2.40 bits per heavy atom. The molecule has 20 heavy (non-hydrogen) atoms. The summed E-state index contributed by atoms with van der Waals surface area (Å²) in [6.07, 6.45) is 13.4. The van der Waals surface area contributed by atoms with Crippen molar-refractivity contribution < 1.29 is 0 Å². The standard InChI is InChI=1S/C18H20N2/c1-4-5-6-7-11-14-20-16(2)15-18(19-3)17-12-9-8-10-13-17/h4-15H,3H2,1-2H3/b5-4+,7-6-,14-11-,18-15-,20-16+. The molecule has 1 aromatic rings. The molecule has 0 heterocycles. The molecule has 0 N–H and O–H groups in total. The highest BCUT2D eigenvalue weighted by Gasteiger charge is 1.97. The summed E-state index contributed by atoms with van der Waals surface area (Å²) in [7, 11) is 0. The highest BCUT2D eigenvalue weighted by atomic mass is 14.7. The van der Waals surface area contributed by atoms with Gasteiger partial charge in [0.25, 0.3) is 0 Å². The van der Waals surface area contributed by atoms with Crippen molar-refractivity contribution in [2.75, 3.05) is 0 Å². The van der Waals surface area contributed by atoms with Gasteiger partial charge in [-0.25, -0.2) is 0 Å². The summed E-state index contributed by atoms with van der Waals surface area (Å²) in [4.78, 5) is 8.38. The van der Waals surface area contributed by atoms with E-state index in [0.29, 0.717) is 0 Å². The second-order valence-corrected chi connectivity index (χ2v) is 4.08. The fourth-order valence-corrected chi connectivity index (χ4v) is 1.51. The van der Waals surface area contributed by atoms with Crippen LogP contribution < -0.4 is 0 Å². The maximum absolute atomic E-state index is 4.33. The summed E-state index contributed by atoms with van der Waals surface area (Å²) in [6.45, 7) is 7.53. The second-order valence-electron chi connectivity index (χ2n) is 4.08. The number of hydrogen-bond acceptors (Lipinski definition) is 2. The molecule has 0 aromatic heterocycles. The molecule has 2 heteroatoms. The molecule has 102 valence electrons. The van der Waals surface area contributed by atoms with Gasteiger partial charge in [0.05, 0.1) is 5.70 Å². The molecule has 0 unspecified atom stereocenters. The van der Waals surface area contributed by atoms with E-state index in [1.165, 1.54) is 0 Å². The average Bonchev–Trinajstić information content (AvgIpc) is 2.49. The minimum absolute atomic E-state index is 0.824. The smallest absolute Gasteiger partial charge is 0.0712 e. The maximum Gasteiger partial charge on any atom is 0.0712 e. The Labute approximate surface area is 121 Å². The molecule has 0 aliphatic rings. The van der Waals surface area contributed by atoms with Crippen molar-refractivity contribution in [3.05, 3.63) is 78.6 Å². The first-order valence-corrected chi connectivity index (χ1v) is 6.50. The summed E-state index contributed by atoms with van der Waals surface area (Å²) in [5.74, 6) is 0. The average molecular weight is 264 g/mol. The molecule has 0 saturated heterocycles. The quantitative estimate of drug-likeness (QED) is 0.519. The molecule has 2 nitrogen and oxygen atoms in total. The van der Waals surface area contributed by atoms with Crippen LogP contribution in [-0.2, 0) is 0 Å². The molecule has 1 rings (SSSR count).